The number of rotatable bonds is 10. The van der Waals surface area contributed by atoms with E-state index in [0.29, 0.717) is 12.3 Å². The van der Waals surface area contributed by atoms with Crippen molar-refractivity contribution < 1.29 is 18.1 Å². The molecule has 1 amide bonds. The van der Waals surface area contributed by atoms with Crippen molar-refractivity contribution >= 4 is 39.1 Å². The molecule has 8 nitrogen and oxygen atoms in total. The number of sulfonamides is 1. The van der Waals surface area contributed by atoms with Gasteiger partial charge in [-0.05, 0) is 24.6 Å². The molecule has 0 saturated heterocycles. The van der Waals surface area contributed by atoms with E-state index in [4.69, 9.17) is 0 Å². The summed E-state index contributed by atoms with van der Waals surface area (Å²) >= 11 is 1.58. The van der Waals surface area contributed by atoms with Crippen molar-refractivity contribution in [3.8, 4) is 0 Å². The summed E-state index contributed by atoms with van der Waals surface area (Å²) < 4.78 is 25.8. The van der Waals surface area contributed by atoms with Gasteiger partial charge in [-0.3, -0.25) is 19.2 Å². The lowest BCUT2D eigenvalue weighted by Crippen LogP contribution is -2.49. The van der Waals surface area contributed by atoms with E-state index in [2.05, 4.69) is 5.32 Å². The molecule has 29 heavy (non-hydrogen) atoms. The lowest BCUT2D eigenvalue weighted by molar-refractivity contribution is -0.384. The van der Waals surface area contributed by atoms with Gasteiger partial charge in [0.05, 0.1) is 16.9 Å². The van der Waals surface area contributed by atoms with Crippen molar-refractivity contribution in [1.82, 2.24) is 5.32 Å². The SMILES string of the molecule is CC[C@@H](C(=O)NCCSc1ccccc1)N(c1cccc([N+](=O)[O-])c1)S(C)(=O)=O. The van der Waals surface area contributed by atoms with Crippen molar-refractivity contribution in [2.75, 3.05) is 22.9 Å². The number of non-ortho nitro benzene ring substituents is 1. The fraction of sp³-hybridized carbons (Fsp3) is 0.316. The van der Waals surface area contributed by atoms with Crippen LogP contribution in [-0.2, 0) is 14.8 Å². The molecular weight excluding hydrogens is 414 g/mol. The molecule has 1 atom stereocenters. The minimum atomic E-state index is -3.85. The van der Waals surface area contributed by atoms with Crippen LogP contribution in [0.4, 0.5) is 11.4 Å². The Hall–Kier alpha value is -2.59. The minimum Gasteiger partial charge on any atom is -0.353 e. The number of thioether (sulfide) groups is 1. The zero-order valence-electron chi connectivity index (χ0n) is 16.1. The minimum absolute atomic E-state index is 0.0855. The van der Waals surface area contributed by atoms with Gasteiger partial charge in [-0.2, -0.15) is 0 Å². The number of carbonyl (C=O) groups excluding carboxylic acids is 1. The predicted octanol–water partition coefficient (Wildman–Crippen LogP) is 3.05. The Balaban J connectivity index is 2.13. The highest BCUT2D eigenvalue weighted by Crippen LogP contribution is 2.26. The summed E-state index contributed by atoms with van der Waals surface area (Å²) in [4.78, 5) is 24.2. The lowest BCUT2D eigenvalue weighted by atomic mass is 10.2. The average Bonchev–Trinajstić information content (AvgIpc) is 2.69. The number of hydrogen-bond donors (Lipinski definition) is 1. The molecule has 10 heteroatoms. The van der Waals surface area contributed by atoms with Gasteiger partial charge < -0.3 is 5.32 Å². The first kappa shape index (κ1) is 22.7. The molecule has 0 aliphatic rings. The molecule has 0 radical (unpaired) electrons. The first-order valence-electron chi connectivity index (χ1n) is 8.93. The molecular formula is C19H23N3O5S2. The maximum absolute atomic E-state index is 12.7. The van der Waals surface area contributed by atoms with Gasteiger partial charge in [0.25, 0.3) is 5.69 Å². The van der Waals surface area contributed by atoms with Crippen LogP contribution < -0.4 is 9.62 Å². The van der Waals surface area contributed by atoms with Crippen molar-refractivity contribution in [2.24, 2.45) is 0 Å². The maximum Gasteiger partial charge on any atom is 0.271 e. The fourth-order valence-electron chi connectivity index (χ4n) is 2.78. The molecule has 0 aromatic heterocycles. The molecule has 0 saturated carbocycles. The van der Waals surface area contributed by atoms with Gasteiger partial charge in [0.1, 0.15) is 6.04 Å². The highest BCUT2D eigenvalue weighted by atomic mass is 32.2. The Morgan fingerprint density at radius 1 is 1.21 bits per heavy atom. The molecule has 0 unspecified atom stereocenters. The third-order valence-electron chi connectivity index (χ3n) is 4.04. The summed E-state index contributed by atoms with van der Waals surface area (Å²) in [7, 11) is -3.85. The molecule has 2 aromatic carbocycles. The topological polar surface area (TPSA) is 110 Å². The van der Waals surface area contributed by atoms with Crippen molar-refractivity contribution in [1.29, 1.82) is 0 Å². The largest absolute Gasteiger partial charge is 0.353 e. The van der Waals surface area contributed by atoms with Crippen LogP contribution in [0.1, 0.15) is 13.3 Å². The molecule has 0 fully saturated rings. The molecule has 2 aromatic rings. The van der Waals surface area contributed by atoms with Crippen LogP contribution in [0.5, 0.6) is 0 Å². The van der Waals surface area contributed by atoms with Gasteiger partial charge in [0.2, 0.25) is 15.9 Å². The number of nitrogens with one attached hydrogen (secondary N) is 1. The third kappa shape index (κ3) is 6.47. The Morgan fingerprint density at radius 3 is 2.48 bits per heavy atom. The summed E-state index contributed by atoms with van der Waals surface area (Å²) in [6, 6.07) is 14.0. The van der Waals surface area contributed by atoms with Crippen LogP contribution in [0.25, 0.3) is 0 Å². The average molecular weight is 438 g/mol. The molecule has 1 N–H and O–H groups in total. The van der Waals surface area contributed by atoms with Crippen molar-refractivity contribution in [2.45, 2.75) is 24.3 Å². The molecule has 0 spiro atoms. The van der Waals surface area contributed by atoms with Gasteiger partial charge >= 0.3 is 0 Å². The normalized spacial score (nSPS) is 12.2. The second kappa shape index (κ2) is 10.3. The van der Waals surface area contributed by atoms with Gasteiger partial charge in [0.15, 0.2) is 0 Å². The predicted molar refractivity (Wildman–Crippen MR) is 115 cm³/mol. The van der Waals surface area contributed by atoms with E-state index in [1.807, 2.05) is 30.3 Å². The first-order valence-corrected chi connectivity index (χ1v) is 11.8. The summed E-state index contributed by atoms with van der Waals surface area (Å²) in [5.41, 5.74) is -0.159. The van der Waals surface area contributed by atoms with E-state index in [-0.39, 0.29) is 17.8 Å². The van der Waals surface area contributed by atoms with E-state index in [1.54, 1.807) is 18.7 Å². The van der Waals surface area contributed by atoms with Gasteiger partial charge in [-0.15, -0.1) is 11.8 Å². The lowest BCUT2D eigenvalue weighted by Gasteiger charge is -2.30. The van der Waals surface area contributed by atoms with Crippen molar-refractivity contribution in [3.05, 3.63) is 64.7 Å². The summed E-state index contributed by atoms with van der Waals surface area (Å²) in [6.07, 6.45) is 1.19. The zero-order valence-corrected chi connectivity index (χ0v) is 17.8. The van der Waals surface area contributed by atoms with Crippen molar-refractivity contribution in [3.63, 3.8) is 0 Å². The summed E-state index contributed by atoms with van der Waals surface area (Å²) in [6.45, 7) is 2.06. The number of hydrogen-bond acceptors (Lipinski definition) is 6. The Kier molecular flexibility index (Phi) is 8.03. The van der Waals surface area contributed by atoms with Crippen LogP contribution in [0, 0.1) is 10.1 Å². The van der Waals surface area contributed by atoms with Crippen LogP contribution >= 0.6 is 11.8 Å². The quantitative estimate of drug-likeness (QED) is 0.265. The highest BCUT2D eigenvalue weighted by Gasteiger charge is 2.32. The molecule has 0 aliphatic heterocycles. The zero-order chi connectivity index (χ0) is 21.4. The van der Waals surface area contributed by atoms with Crippen LogP contribution in [0.2, 0.25) is 0 Å². The number of carbonyl (C=O) groups is 1. The second-order valence-electron chi connectivity index (χ2n) is 6.21. The standard InChI is InChI=1S/C19H23N3O5S2/c1-3-18(19(23)20-12-13-28-17-10-5-4-6-11-17)21(29(2,26)27)15-8-7-9-16(14-15)22(24)25/h4-11,14,18H,3,12-13H2,1-2H3,(H,20,23)/t18-/m0/s1. The Labute approximate surface area is 174 Å². The molecule has 2 rings (SSSR count). The number of benzene rings is 2. The van der Waals surface area contributed by atoms with E-state index in [0.717, 1.165) is 21.5 Å². The van der Waals surface area contributed by atoms with Crippen LogP contribution in [0.3, 0.4) is 0 Å². The van der Waals surface area contributed by atoms with E-state index in [9.17, 15) is 23.3 Å². The van der Waals surface area contributed by atoms with Gasteiger partial charge in [0, 0.05) is 29.3 Å². The third-order valence-corrected chi connectivity index (χ3v) is 6.23. The second-order valence-corrected chi connectivity index (χ2v) is 9.24. The van der Waals surface area contributed by atoms with Crippen LogP contribution in [-0.4, -0.2) is 43.8 Å². The maximum atomic E-state index is 12.7. The van der Waals surface area contributed by atoms with Gasteiger partial charge in [-0.1, -0.05) is 31.2 Å². The Morgan fingerprint density at radius 2 is 1.90 bits per heavy atom. The van der Waals surface area contributed by atoms with E-state index >= 15 is 0 Å². The number of anilines is 1. The monoisotopic (exact) mass is 437 g/mol. The Bertz CT molecular complexity index is 951. The van der Waals surface area contributed by atoms with Gasteiger partial charge in [-0.25, -0.2) is 8.42 Å². The van der Waals surface area contributed by atoms with E-state index in [1.165, 1.54) is 18.2 Å². The van der Waals surface area contributed by atoms with Crippen LogP contribution in [0.15, 0.2) is 59.5 Å². The first-order chi connectivity index (χ1) is 13.7. The molecule has 0 bridgehead atoms. The number of nitrogens with zero attached hydrogens (tertiary/aromatic N) is 2. The molecule has 0 aliphatic carbocycles. The van der Waals surface area contributed by atoms with E-state index < -0.39 is 26.9 Å². The molecule has 156 valence electrons. The fourth-order valence-corrected chi connectivity index (χ4v) is 4.77. The molecule has 0 heterocycles. The summed E-state index contributed by atoms with van der Waals surface area (Å²) in [5, 5.41) is 13.8. The number of nitro groups is 1. The smallest absolute Gasteiger partial charge is 0.271 e. The number of nitro benzene ring substituents is 1. The number of amides is 1. The highest BCUT2D eigenvalue weighted by molar-refractivity contribution is 7.99. The summed E-state index contributed by atoms with van der Waals surface area (Å²) in [5.74, 6) is 0.181.